The average Bonchev–Trinajstić information content (AvgIpc) is 2.70. The third-order valence-corrected chi connectivity index (χ3v) is 5.97. The summed E-state index contributed by atoms with van der Waals surface area (Å²) in [5.41, 5.74) is 12.9. The molecule has 0 radical (unpaired) electrons. The van der Waals surface area contributed by atoms with Crippen molar-refractivity contribution in [2.45, 2.75) is 31.2 Å². The summed E-state index contributed by atoms with van der Waals surface area (Å²) in [6, 6.07) is 9.50. The van der Waals surface area contributed by atoms with Gasteiger partial charge in [0.05, 0.1) is 11.2 Å². The predicted molar refractivity (Wildman–Crippen MR) is 103 cm³/mol. The number of carbonyl (C=O) groups is 1. The van der Waals surface area contributed by atoms with Crippen LogP contribution in [0.15, 0.2) is 42.7 Å². The molecule has 1 saturated heterocycles. The van der Waals surface area contributed by atoms with Gasteiger partial charge in [-0.05, 0) is 54.9 Å². The highest BCUT2D eigenvalue weighted by molar-refractivity contribution is 6.32. The predicted octanol–water partition coefficient (Wildman–Crippen LogP) is 2.99. The van der Waals surface area contributed by atoms with E-state index < -0.39 is 0 Å². The van der Waals surface area contributed by atoms with Crippen molar-refractivity contribution in [3.8, 4) is 11.5 Å². The second kappa shape index (κ2) is 7.84. The van der Waals surface area contributed by atoms with Crippen LogP contribution in [0.25, 0.3) is 0 Å². The molecule has 4 N–H and O–H groups in total. The van der Waals surface area contributed by atoms with Crippen molar-refractivity contribution in [1.29, 1.82) is 0 Å². The van der Waals surface area contributed by atoms with Gasteiger partial charge in [-0.2, -0.15) is 0 Å². The van der Waals surface area contributed by atoms with Crippen LogP contribution in [-0.2, 0) is 4.79 Å². The van der Waals surface area contributed by atoms with Gasteiger partial charge >= 0.3 is 0 Å². The fourth-order valence-electron chi connectivity index (χ4n) is 4.24. The molecule has 1 aromatic heterocycles. The van der Waals surface area contributed by atoms with Crippen molar-refractivity contribution in [3.63, 3.8) is 0 Å². The van der Waals surface area contributed by atoms with Crippen molar-refractivity contribution in [2.75, 3.05) is 6.54 Å². The number of carbonyl (C=O) groups excluding carboxylic acids is 1. The van der Waals surface area contributed by atoms with E-state index in [4.69, 9.17) is 22.1 Å². The Morgan fingerprint density at radius 1 is 1.26 bits per heavy atom. The van der Waals surface area contributed by atoms with Crippen LogP contribution in [0.3, 0.4) is 0 Å². The van der Waals surface area contributed by atoms with E-state index in [0.29, 0.717) is 29.0 Å². The summed E-state index contributed by atoms with van der Waals surface area (Å²) in [4.78, 5) is 16.5. The fraction of sp³-hybridized carbons (Fsp3) is 0.400. The minimum atomic E-state index is 0.0339. The third kappa shape index (κ3) is 3.78. The van der Waals surface area contributed by atoms with Gasteiger partial charge in [0, 0.05) is 24.7 Å². The van der Waals surface area contributed by atoms with Crippen LogP contribution < -0.4 is 21.3 Å². The van der Waals surface area contributed by atoms with Crippen LogP contribution in [0.1, 0.15) is 30.7 Å². The van der Waals surface area contributed by atoms with E-state index in [-0.39, 0.29) is 23.8 Å². The van der Waals surface area contributed by atoms with E-state index in [2.05, 4.69) is 15.8 Å². The number of benzene rings is 1. The van der Waals surface area contributed by atoms with Crippen molar-refractivity contribution < 1.29 is 9.53 Å². The first-order chi connectivity index (χ1) is 13.2. The Morgan fingerprint density at radius 2 is 2.11 bits per heavy atom. The summed E-state index contributed by atoms with van der Waals surface area (Å²) >= 11 is 6.18. The third-order valence-electron chi connectivity index (χ3n) is 5.66. The first kappa shape index (κ1) is 18.2. The van der Waals surface area contributed by atoms with Gasteiger partial charge in [0.1, 0.15) is 11.5 Å². The molecule has 2 aromatic rings. The van der Waals surface area contributed by atoms with Crippen molar-refractivity contribution >= 4 is 17.5 Å². The Labute approximate surface area is 163 Å². The number of ether oxygens (including phenoxy) is 1. The van der Waals surface area contributed by atoms with Gasteiger partial charge in [0.25, 0.3) is 0 Å². The van der Waals surface area contributed by atoms with Crippen LogP contribution in [0, 0.1) is 11.8 Å². The number of hydrogen-bond acceptors (Lipinski definition) is 5. The average molecular weight is 387 g/mol. The normalized spacial score (nSPS) is 27.6. The van der Waals surface area contributed by atoms with Gasteiger partial charge in [-0.3, -0.25) is 15.2 Å². The molecule has 1 aromatic carbocycles. The van der Waals surface area contributed by atoms with Gasteiger partial charge < -0.3 is 10.5 Å². The number of rotatable bonds is 4. The maximum absolute atomic E-state index is 12.2. The number of nitrogens with one attached hydrogen (secondary N) is 2. The highest BCUT2D eigenvalue weighted by Crippen LogP contribution is 2.42. The highest BCUT2D eigenvalue weighted by atomic mass is 35.5. The smallest absolute Gasteiger partial charge is 0.237 e. The van der Waals surface area contributed by atoms with E-state index >= 15 is 0 Å². The number of fused-ring (bicyclic) bond motifs is 1. The molecule has 2 fully saturated rings. The van der Waals surface area contributed by atoms with Gasteiger partial charge in [-0.15, -0.1) is 0 Å². The molecule has 4 atom stereocenters. The lowest BCUT2D eigenvalue weighted by molar-refractivity contribution is -0.133. The molecule has 27 heavy (non-hydrogen) atoms. The lowest BCUT2D eigenvalue weighted by atomic mass is 9.68. The monoisotopic (exact) mass is 386 g/mol. The van der Waals surface area contributed by atoms with Crippen molar-refractivity contribution in [3.05, 3.63) is 53.3 Å². The minimum absolute atomic E-state index is 0.0339. The van der Waals surface area contributed by atoms with E-state index in [0.717, 1.165) is 24.8 Å². The molecule has 6 nitrogen and oxygen atoms in total. The van der Waals surface area contributed by atoms with Crippen LogP contribution in [0.4, 0.5) is 0 Å². The molecule has 0 bridgehead atoms. The molecule has 2 aliphatic rings. The number of pyridine rings is 1. The Balaban J connectivity index is 1.52. The lowest BCUT2D eigenvalue weighted by Crippen LogP contribution is -2.62. The molecule has 7 heteroatoms. The minimum Gasteiger partial charge on any atom is -0.454 e. The summed E-state index contributed by atoms with van der Waals surface area (Å²) in [6.07, 6.45) is 6.29. The number of hydrogen-bond donors (Lipinski definition) is 3. The van der Waals surface area contributed by atoms with Crippen molar-refractivity contribution in [1.82, 2.24) is 15.8 Å². The lowest BCUT2D eigenvalue weighted by Gasteiger charge is -2.43. The first-order valence-corrected chi connectivity index (χ1v) is 9.66. The zero-order valence-corrected chi connectivity index (χ0v) is 15.7. The Bertz CT molecular complexity index is 831. The Kier molecular flexibility index (Phi) is 5.29. The molecular weight excluding hydrogens is 364 g/mol. The molecule has 0 spiro atoms. The second-order valence-corrected chi connectivity index (χ2v) is 7.65. The number of nitrogens with two attached hydrogens (primary N) is 1. The summed E-state index contributed by atoms with van der Waals surface area (Å²) in [5.74, 6) is 1.95. The molecule has 4 unspecified atom stereocenters. The summed E-state index contributed by atoms with van der Waals surface area (Å²) in [6.45, 7) is 0.502. The van der Waals surface area contributed by atoms with Crippen molar-refractivity contribution in [2.24, 2.45) is 17.6 Å². The van der Waals surface area contributed by atoms with E-state index in [1.165, 1.54) is 0 Å². The largest absolute Gasteiger partial charge is 0.454 e. The molecule has 1 saturated carbocycles. The number of nitrogens with zero attached hydrogens (tertiary/aromatic N) is 1. The molecule has 1 aliphatic carbocycles. The second-order valence-electron chi connectivity index (χ2n) is 7.24. The van der Waals surface area contributed by atoms with Gasteiger partial charge in [-0.25, -0.2) is 5.43 Å². The summed E-state index contributed by atoms with van der Waals surface area (Å²) in [7, 11) is 0. The molecule has 142 valence electrons. The summed E-state index contributed by atoms with van der Waals surface area (Å²) < 4.78 is 5.92. The van der Waals surface area contributed by atoms with E-state index in [1.807, 2.05) is 30.5 Å². The van der Waals surface area contributed by atoms with Crippen LogP contribution in [0.2, 0.25) is 5.02 Å². The molecule has 2 heterocycles. The quantitative estimate of drug-likeness (QED) is 0.751. The molecule has 1 amide bonds. The topological polar surface area (TPSA) is 89.3 Å². The molecule has 4 rings (SSSR count). The van der Waals surface area contributed by atoms with Crippen LogP contribution in [-0.4, -0.2) is 23.5 Å². The van der Waals surface area contributed by atoms with E-state index in [9.17, 15) is 4.79 Å². The van der Waals surface area contributed by atoms with Gasteiger partial charge in [-0.1, -0.05) is 23.7 Å². The number of halogens is 1. The highest BCUT2D eigenvalue weighted by Gasteiger charge is 2.42. The van der Waals surface area contributed by atoms with E-state index in [1.54, 1.807) is 12.3 Å². The number of para-hydroxylation sites is 1. The first-order valence-electron chi connectivity index (χ1n) is 9.28. The molecular formula is C20H23ClN4O2. The van der Waals surface area contributed by atoms with Gasteiger partial charge in [0.15, 0.2) is 0 Å². The summed E-state index contributed by atoms with van der Waals surface area (Å²) in [5, 5.41) is 0.563. The Morgan fingerprint density at radius 3 is 2.93 bits per heavy atom. The zero-order chi connectivity index (χ0) is 18.8. The zero-order valence-electron chi connectivity index (χ0n) is 14.9. The number of amides is 1. The standard InChI is InChI=1S/C20H23ClN4O2/c21-17-3-1-2-4-19(17)27-14-7-13(10-23-11-14)12-5-6-15-16(8-12)18(9-22)24-25-20(15)26/h1-4,7,10-12,15-16,18,24H,5-6,8-9,22H2,(H,25,26). The SMILES string of the molecule is NCC1NNC(=O)C2CCC(c3cncc(Oc4ccccc4Cl)c3)CC12. The maximum Gasteiger partial charge on any atom is 0.237 e. The maximum atomic E-state index is 12.2. The fourth-order valence-corrected chi connectivity index (χ4v) is 4.42. The number of aromatic nitrogens is 1. The van der Waals surface area contributed by atoms with Gasteiger partial charge in [0.2, 0.25) is 5.91 Å². The number of hydrazine groups is 1. The van der Waals surface area contributed by atoms with Crippen LogP contribution >= 0.6 is 11.6 Å². The Hall–Kier alpha value is -2.15. The van der Waals surface area contributed by atoms with Crippen LogP contribution in [0.5, 0.6) is 11.5 Å². The molecule has 1 aliphatic heterocycles.